The molecule has 1 saturated carbocycles. The van der Waals surface area contributed by atoms with Crippen LogP contribution in [0.3, 0.4) is 0 Å². The molecule has 0 spiro atoms. The van der Waals surface area contributed by atoms with Crippen LogP contribution in [0.4, 0.5) is 0 Å². The highest BCUT2D eigenvalue weighted by Gasteiger charge is 2.44. The Balaban J connectivity index is 1.49. The summed E-state index contributed by atoms with van der Waals surface area (Å²) in [4.78, 5) is 25.4. The summed E-state index contributed by atoms with van der Waals surface area (Å²) < 4.78 is 26.5. The minimum atomic E-state index is -3.52. The van der Waals surface area contributed by atoms with Gasteiger partial charge in [-0.15, -0.1) is 11.8 Å². The van der Waals surface area contributed by atoms with Gasteiger partial charge in [0.25, 0.3) is 0 Å². The highest BCUT2D eigenvalue weighted by molar-refractivity contribution is 8.02. The summed E-state index contributed by atoms with van der Waals surface area (Å²) in [5, 5.41) is 8.32. The van der Waals surface area contributed by atoms with Crippen LogP contribution in [0.1, 0.15) is 45.4 Å². The summed E-state index contributed by atoms with van der Waals surface area (Å²) in [5.74, 6) is 0.967. The number of amides is 2. The van der Waals surface area contributed by atoms with Gasteiger partial charge in [0.1, 0.15) is 0 Å². The second-order valence-corrected chi connectivity index (χ2v) is 12.6. The normalized spacial score (nSPS) is 31.3. The predicted molar refractivity (Wildman–Crippen MR) is 126 cm³/mol. The van der Waals surface area contributed by atoms with Crippen molar-refractivity contribution in [2.45, 2.75) is 67.1 Å². The maximum atomic E-state index is 13.5. The molecule has 3 N–H and O–H groups in total. The molecule has 0 aromatic heterocycles. The van der Waals surface area contributed by atoms with Crippen molar-refractivity contribution in [3.63, 3.8) is 0 Å². The fraction of sp³-hybridized carbons (Fsp3) is 0.652. The fourth-order valence-corrected chi connectivity index (χ4v) is 9.25. The van der Waals surface area contributed by atoms with Gasteiger partial charge in [-0.25, -0.2) is 8.42 Å². The third-order valence-corrected chi connectivity index (χ3v) is 10.8. The maximum absolute atomic E-state index is 13.5. The number of carbonyl (C=O) groups excluding carboxylic acids is 2. The first kappa shape index (κ1) is 23.6. The van der Waals surface area contributed by atoms with E-state index >= 15 is 0 Å². The zero-order valence-corrected chi connectivity index (χ0v) is 20.1. The zero-order chi connectivity index (χ0) is 22.7. The van der Waals surface area contributed by atoms with Gasteiger partial charge < -0.3 is 10.6 Å². The molecule has 5 atom stereocenters. The van der Waals surface area contributed by atoms with E-state index in [1.165, 1.54) is 31.5 Å². The molecule has 2 saturated heterocycles. The summed E-state index contributed by atoms with van der Waals surface area (Å²) >= 11 is 1.51. The van der Waals surface area contributed by atoms with Crippen molar-refractivity contribution in [2.75, 3.05) is 12.3 Å². The third-order valence-electron chi connectivity index (χ3n) is 7.12. The van der Waals surface area contributed by atoms with Crippen molar-refractivity contribution in [3.05, 3.63) is 30.3 Å². The number of nitrogens with one attached hydrogen (secondary N) is 3. The van der Waals surface area contributed by atoms with Gasteiger partial charge in [-0.05, 0) is 42.6 Å². The van der Waals surface area contributed by atoms with Crippen LogP contribution < -0.4 is 16.0 Å². The van der Waals surface area contributed by atoms with E-state index in [1.807, 2.05) is 0 Å². The van der Waals surface area contributed by atoms with Crippen LogP contribution in [0, 0.1) is 17.8 Å². The van der Waals surface area contributed by atoms with E-state index in [2.05, 4.69) is 16.0 Å². The largest absolute Gasteiger partial charge is 0.343 e. The minimum Gasteiger partial charge on any atom is -0.343 e. The molecular weight excluding hydrogens is 446 g/mol. The van der Waals surface area contributed by atoms with Crippen LogP contribution in [0.5, 0.6) is 0 Å². The zero-order valence-electron chi connectivity index (χ0n) is 18.5. The lowest BCUT2D eigenvalue weighted by atomic mass is 9.75. The SMILES string of the molecule is CC(=O)NC1CC(C(=O)NC2SCCC2S(=O)(=O)c2ccccc2)C(C2CCCC2)CN1. The second-order valence-electron chi connectivity index (χ2n) is 9.20. The van der Waals surface area contributed by atoms with Crippen molar-refractivity contribution in [1.29, 1.82) is 0 Å². The molecule has 1 aliphatic carbocycles. The van der Waals surface area contributed by atoms with Gasteiger partial charge in [0.15, 0.2) is 9.84 Å². The number of sulfone groups is 1. The summed E-state index contributed by atoms with van der Waals surface area (Å²) in [7, 11) is -3.52. The molecule has 1 aromatic carbocycles. The number of hydrogen-bond acceptors (Lipinski definition) is 6. The molecule has 2 amide bonds. The Kier molecular flexibility index (Phi) is 7.47. The fourth-order valence-electron chi connectivity index (χ4n) is 5.52. The van der Waals surface area contributed by atoms with Crippen LogP contribution in [0.15, 0.2) is 35.2 Å². The topological polar surface area (TPSA) is 104 Å². The average molecular weight is 480 g/mol. The summed E-state index contributed by atoms with van der Waals surface area (Å²) in [6, 6.07) is 8.50. The number of benzene rings is 1. The van der Waals surface area contributed by atoms with Crippen molar-refractivity contribution in [2.24, 2.45) is 17.8 Å². The Morgan fingerprint density at radius 1 is 1.06 bits per heavy atom. The van der Waals surface area contributed by atoms with Crippen molar-refractivity contribution in [1.82, 2.24) is 16.0 Å². The number of hydrogen-bond donors (Lipinski definition) is 3. The van der Waals surface area contributed by atoms with E-state index in [1.54, 1.807) is 30.3 Å². The van der Waals surface area contributed by atoms with Crippen LogP contribution >= 0.6 is 11.8 Å². The molecule has 2 heterocycles. The molecule has 32 heavy (non-hydrogen) atoms. The molecule has 7 nitrogen and oxygen atoms in total. The highest BCUT2D eigenvalue weighted by Crippen LogP contribution is 2.39. The average Bonchev–Trinajstić information content (AvgIpc) is 3.46. The molecule has 9 heteroatoms. The van der Waals surface area contributed by atoms with E-state index in [4.69, 9.17) is 0 Å². The molecule has 0 radical (unpaired) electrons. The highest BCUT2D eigenvalue weighted by atomic mass is 32.2. The standard InChI is InChI=1S/C23H33N3O4S2/c1-15(27)25-21-13-18(19(14-24-21)16-7-5-6-8-16)22(28)26-23-20(11-12-31-23)32(29,30)17-9-3-2-4-10-17/h2-4,9-10,16,18-21,23-24H,5-8,11-14H2,1H3,(H,25,27)(H,26,28). The van der Waals surface area contributed by atoms with Crippen LogP contribution in [0.2, 0.25) is 0 Å². The van der Waals surface area contributed by atoms with Gasteiger partial charge in [0, 0.05) is 19.4 Å². The van der Waals surface area contributed by atoms with Crippen molar-refractivity contribution in [3.8, 4) is 0 Å². The number of rotatable bonds is 6. The summed E-state index contributed by atoms with van der Waals surface area (Å²) in [6.07, 6.45) is 5.47. The first-order chi connectivity index (χ1) is 15.4. The molecule has 3 fully saturated rings. The predicted octanol–water partition coefficient (Wildman–Crippen LogP) is 2.29. The Morgan fingerprint density at radius 3 is 2.47 bits per heavy atom. The molecule has 176 valence electrons. The van der Waals surface area contributed by atoms with Crippen LogP contribution in [0.25, 0.3) is 0 Å². The van der Waals surface area contributed by atoms with Gasteiger partial charge in [-0.1, -0.05) is 43.9 Å². The quantitative estimate of drug-likeness (QED) is 0.578. The lowest BCUT2D eigenvalue weighted by Gasteiger charge is -2.40. The van der Waals surface area contributed by atoms with Gasteiger partial charge in [0.05, 0.1) is 21.7 Å². The van der Waals surface area contributed by atoms with E-state index in [0.717, 1.165) is 12.8 Å². The summed E-state index contributed by atoms with van der Waals surface area (Å²) in [6.45, 7) is 2.17. The molecular formula is C23H33N3O4S2. The Morgan fingerprint density at radius 2 is 1.78 bits per heavy atom. The Bertz CT molecular complexity index is 918. The first-order valence-electron chi connectivity index (χ1n) is 11.6. The first-order valence-corrected chi connectivity index (χ1v) is 14.2. The van der Waals surface area contributed by atoms with Crippen LogP contribution in [-0.2, 0) is 19.4 Å². The molecule has 5 unspecified atom stereocenters. The van der Waals surface area contributed by atoms with E-state index in [9.17, 15) is 18.0 Å². The van der Waals surface area contributed by atoms with Crippen molar-refractivity contribution >= 4 is 33.4 Å². The van der Waals surface area contributed by atoms with Gasteiger partial charge in [-0.3, -0.25) is 14.9 Å². The molecule has 4 rings (SSSR count). The second kappa shape index (κ2) is 10.1. The van der Waals surface area contributed by atoms with E-state index in [-0.39, 0.29) is 29.8 Å². The van der Waals surface area contributed by atoms with E-state index < -0.39 is 20.5 Å². The van der Waals surface area contributed by atoms with Crippen molar-refractivity contribution < 1.29 is 18.0 Å². The van der Waals surface area contributed by atoms with Crippen LogP contribution in [-0.4, -0.2) is 49.3 Å². The minimum absolute atomic E-state index is 0.0774. The smallest absolute Gasteiger partial charge is 0.224 e. The maximum Gasteiger partial charge on any atom is 0.224 e. The molecule has 2 aliphatic heterocycles. The Labute approximate surface area is 194 Å². The van der Waals surface area contributed by atoms with Gasteiger partial charge >= 0.3 is 0 Å². The number of carbonyl (C=O) groups is 2. The van der Waals surface area contributed by atoms with Gasteiger partial charge in [-0.2, -0.15) is 0 Å². The number of thioether (sulfide) groups is 1. The molecule has 3 aliphatic rings. The number of piperidine rings is 1. The lowest BCUT2D eigenvalue weighted by molar-refractivity contribution is -0.130. The molecule has 0 bridgehead atoms. The monoisotopic (exact) mass is 479 g/mol. The molecule has 1 aromatic rings. The van der Waals surface area contributed by atoms with E-state index in [0.29, 0.717) is 36.0 Å². The van der Waals surface area contributed by atoms with Gasteiger partial charge in [0.2, 0.25) is 11.8 Å². The third kappa shape index (κ3) is 5.15. The Hall–Kier alpha value is -1.58. The summed E-state index contributed by atoms with van der Waals surface area (Å²) in [5.41, 5.74) is 0. The lowest BCUT2D eigenvalue weighted by Crippen LogP contribution is -2.57.